The number of aromatic carboxylic acids is 2. The van der Waals surface area contributed by atoms with Gasteiger partial charge in [-0.05, 0) is 6.07 Å². The van der Waals surface area contributed by atoms with Crippen LogP contribution in [0.4, 0.5) is 13.2 Å². The summed E-state index contributed by atoms with van der Waals surface area (Å²) in [6.45, 7) is 0. The number of carboxylic acid groups (broad SMARTS) is 2. The van der Waals surface area contributed by atoms with E-state index < -0.39 is 27.9 Å². The monoisotopic (exact) mass is 296 g/mol. The van der Waals surface area contributed by atoms with Crippen LogP contribution in [-0.2, 0) is 6.18 Å². The summed E-state index contributed by atoms with van der Waals surface area (Å²) in [6, 6.07) is 0.673. The maximum Gasteiger partial charge on any atom is 0.425 e. The second-order valence-electron chi connectivity index (χ2n) is 3.22. The van der Waals surface area contributed by atoms with Gasteiger partial charge in [-0.3, -0.25) is 0 Å². The highest BCUT2D eigenvalue weighted by molar-refractivity contribution is 7.26. The highest BCUT2D eigenvalue weighted by Gasteiger charge is 2.35. The highest BCUT2D eigenvalue weighted by atomic mass is 32.1. The van der Waals surface area contributed by atoms with Crippen molar-refractivity contribution in [2.24, 2.45) is 0 Å². The Kier molecular flexibility index (Phi) is 2.82. The Morgan fingerprint density at radius 3 is 2.06 bits per heavy atom. The van der Waals surface area contributed by atoms with E-state index in [1.807, 2.05) is 0 Å². The van der Waals surface area contributed by atoms with Gasteiger partial charge < -0.3 is 10.2 Å². The molecule has 0 unspecified atom stereocenters. The average molecular weight is 296 g/mol. The minimum Gasteiger partial charge on any atom is -0.477 e. The standard InChI is InChI=1S/C9H3F3O4S2/c10-9(11,12)3-1-2-4(17-3)6(8(15)16)18-5(2)7(13)14/h1H,(H,13,14)(H,15,16). The van der Waals surface area contributed by atoms with E-state index in [-0.39, 0.29) is 26.3 Å². The summed E-state index contributed by atoms with van der Waals surface area (Å²) < 4.78 is 37.3. The molecule has 0 aliphatic heterocycles. The molecular formula is C9H3F3O4S2. The Morgan fingerprint density at radius 2 is 1.61 bits per heavy atom. The Balaban J connectivity index is 2.78. The molecule has 0 radical (unpaired) electrons. The van der Waals surface area contributed by atoms with Gasteiger partial charge in [0.05, 0.1) is 4.70 Å². The van der Waals surface area contributed by atoms with Crippen molar-refractivity contribution < 1.29 is 33.0 Å². The lowest BCUT2D eigenvalue weighted by molar-refractivity contribution is -0.134. The quantitative estimate of drug-likeness (QED) is 0.891. The van der Waals surface area contributed by atoms with Crippen molar-refractivity contribution in [2.45, 2.75) is 6.18 Å². The van der Waals surface area contributed by atoms with E-state index in [0.29, 0.717) is 17.4 Å². The van der Waals surface area contributed by atoms with Crippen molar-refractivity contribution >= 4 is 44.7 Å². The van der Waals surface area contributed by atoms with Gasteiger partial charge in [0, 0.05) is 5.39 Å². The molecule has 0 saturated heterocycles. The molecule has 0 fully saturated rings. The lowest BCUT2D eigenvalue weighted by atomic mass is 10.2. The van der Waals surface area contributed by atoms with Crippen LogP contribution in [0, 0.1) is 0 Å². The molecule has 9 heteroatoms. The minimum absolute atomic E-state index is 0.155. The number of rotatable bonds is 2. The molecule has 2 N–H and O–H groups in total. The van der Waals surface area contributed by atoms with Crippen molar-refractivity contribution in [1.29, 1.82) is 0 Å². The van der Waals surface area contributed by atoms with Gasteiger partial charge in [0.15, 0.2) is 0 Å². The maximum absolute atomic E-state index is 12.5. The van der Waals surface area contributed by atoms with Gasteiger partial charge in [0.2, 0.25) is 0 Å². The first-order chi connectivity index (χ1) is 8.21. The third kappa shape index (κ3) is 1.95. The average Bonchev–Trinajstić information content (AvgIpc) is 2.70. The molecule has 0 atom stereocenters. The molecule has 0 saturated carbocycles. The topological polar surface area (TPSA) is 74.6 Å². The summed E-state index contributed by atoms with van der Waals surface area (Å²) in [7, 11) is 0. The molecule has 0 aromatic carbocycles. The second-order valence-corrected chi connectivity index (χ2v) is 5.29. The van der Waals surface area contributed by atoms with Crippen molar-refractivity contribution in [3.05, 3.63) is 20.7 Å². The van der Waals surface area contributed by atoms with E-state index in [0.717, 1.165) is 0 Å². The molecule has 2 heterocycles. The first-order valence-electron chi connectivity index (χ1n) is 4.32. The number of thiophene rings is 2. The third-order valence-electron chi connectivity index (χ3n) is 2.05. The Labute approximate surface area is 105 Å². The number of carbonyl (C=O) groups is 2. The van der Waals surface area contributed by atoms with E-state index in [1.54, 1.807) is 0 Å². The highest BCUT2D eigenvalue weighted by Crippen LogP contribution is 2.43. The van der Waals surface area contributed by atoms with Gasteiger partial charge in [0.25, 0.3) is 0 Å². The molecule has 2 rings (SSSR count). The molecule has 4 nitrogen and oxygen atoms in total. The van der Waals surface area contributed by atoms with Crippen LogP contribution in [-0.4, -0.2) is 22.2 Å². The van der Waals surface area contributed by atoms with Gasteiger partial charge in [-0.15, -0.1) is 22.7 Å². The largest absolute Gasteiger partial charge is 0.477 e. The van der Waals surface area contributed by atoms with Crippen molar-refractivity contribution in [3.8, 4) is 0 Å². The third-order valence-corrected chi connectivity index (χ3v) is 4.56. The number of alkyl halides is 3. The van der Waals surface area contributed by atoms with Gasteiger partial charge in [0.1, 0.15) is 14.6 Å². The van der Waals surface area contributed by atoms with Crippen LogP contribution < -0.4 is 0 Å². The first kappa shape index (κ1) is 12.8. The molecular weight excluding hydrogens is 293 g/mol. The van der Waals surface area contributed by atoms with Gasteiger partial charge in [-0.1, -0.05) is 0 Å². The van der Waals surface area contributed by atoms with Crippen molar-refractivity contribution in [1.82, 2.24) is 0 Å². The molecule has 96 valence electrons. The Bertz CT molecular complexity index is 606. The van der Waals surface area contributed by atoms with Crippen LogP contribution in [0.5, 0.6) is 0 Å². The van der Waals surface area contributed by atoms with Crippen LogP contribution in [0.25, 0.3) is 10.1 Å². The fourth-order valence-electron chi connectivity index (χ4n) is 1.37. The fourth-order valence-corrected chi connectivity index (χ4v) is 3.50. The van der Waals surface area contributed by atoms with Crippen LogP contribution in [0.1, 0.15) is 24.2 Å². The molecule has 0 spiro atoms. The van der Waals surface area contributed by atoms with E-state index in [9.17, 15) is 22.8 Å². The molecule has 0 bridgehead atoms. The number of fused-ring (bicyclic) bond motifs is 1. The Hall–Kier alpha value is -1.61. The van der Waals surface area contributed by atoms with E-state index in [4.69, 9.17) is 10.2 Å². The number of carboxylic acids is 2. The maximum atomic E-state index is 12.5. The SMILES string of the molecule is O=C(O)c1sc(C(=O)O)c2sc(C(F)(F)F)cc12. The Morgan fingerprint density at radius 1 is 1.06 bits per heavy atom. The molecule has 2 aromatic heterocycles. The summed E-state index contributed by atoms with van der Waals surface area (Å²) in [6.07, 6.45) is -4.62. The normalized spacial score (nSPS) is 11.9. The van der Waals surface area contributed by atoms with Crippen molar-refractivity contribution in [2.75, 3.05) is 0 Å². The number of halogens is 3. The smallest absolute Gasteiger partial charge is 0.425 e. The van der Waals surface area contributed by atoms with Crippen LogP contribution in [0.2, 0.25) is 0 Å². The van der Waals surface area contributed by atoms with Crippen LogP contribution in [0.15, 0.2) is 6.07 Å². The predicted molar refractivity (Wildman–Crippen MR) is 58.6 cm³/mol. The van der Waals surface area contributed by atoms with Crippen LogP contribution >= 0.6 is 22.7 Å². The van der Waals surface area contributed by atoms with Gasteiger partial charge in [-0.2, -0.15) is 13.2 Å². The lowest BCUT2D eigenvalue weighted by Crippen LogP contribution is -2.01. The predicted octanol–water partition coefficient (Wildman–Crippen LogP) is 3.38. The number of hydrogen-bond acceptors (Lipinski definition) is 4. The first-order valence-corrected chi connectivity index (χ1v) is 5.95. The fraction of sp³-hybridized carbons (Fsp3) is 0.111. The summed E-state index contributed by atoms with van der Waals surface area (Å²) in [5.74, 6) is -2.88. The van der Waals surface area contributed by atoms with Gasteiger partial charge in [-0.25, -0.2) is 9.59 Å². The molecule has 0 aliphatic rings. The van der Waals surface area contributed by atoms with E-state index in [1.165, 1.54) is 0 Å². The summed E-state index contributed by atoms with van der Waals surface area (Å²) >= 11 is 0.698. The van der Waals surface area contributed by atoms with E-state index >= 15 is 0 Å². The number of hydrogen-bond donors (Lipinski definition) is 2. The lowest BCUT2D eigenvalue weighted by Gasteiger charge is -2.00. The zero-order valence-electron chi connectivity index (χ0n) is 8.24. The molecule has 2 aromatic rings. The zero-order chi connectivity index (χ0) is 13.7. The molecule has 18 heavy (non-hydrogen) atoms. The molecule has 0 amide bonds. The van der Waals surface area contributed by atoms with E-state index in [2.05, 4.69) is 0 Å². The summed E-state index contributed by atoms with van der Waals surface area (Å²) in [4.78, 5) is 19.9. The second kappa shape index (κ2) is 3.95. The van der Waals surface area contributed by atoms with Crippen molar-refractivity contribution in [3.63, 3.8) is 0 Å². The zero-order valence-corrected chi connectivity index (χ0v) is 9.87. The molecule has 0 aliphatic carbocycles. The summed E-state index contributed by atoms with van der Waals surface area (Å²) in [5.41, 5.74) is 0. The van der Waals surface area contributed by atoms with Gasteiger partial charge >= 0.3 is 18.1 Å². The summed E-state index contributed by atoms with van der Waals surface area (Å²) in [5, 5.41) is 17.5. The van der Waals surface area contributed by atoms with Crippen LogP contribution in [0.3, 0.4) is 0 Å². The minimum atomic E-state index is -4.62.